The highest BCUT2D eigenvalue weighted by Crippen LogP contribution is 2.16. The standard InChI is InChI=1S/C18H23N3O3/c1-13(20-17(22)9-8-15-6-4-10-24-15)12-21-18(23)16-7-3-2-5-14(16)11-19-21/h2-3,5,7,11,13,15H,4,6,8-10,12H2,1H3,(H,20,22)/t13?,15-/m0/s1. The van der Waals surface area contributed by atoms with Crippen molar-refractivity contribution in [3.05, 3.63) is 40.8 Å². The Morgan fingerprint density at radius 1 is 1.46 bits per heavy atom. The van der Waals surface area contributed by atoms with Crippen LogP contribution in [0.4, 0.5) is 0 Å². The van der Waals surface area contributed by atoms with Gasteiger partial charge in [0.25, 0.3) is 5.56 Å². The van der Waals surface area contributed by atoms with Gasteiger partial charge in [-0.1, -0.05) is 18.2 Å². The van der Waals surface area contributed by atoms with Crippen LogP contribution in [0.3, 0.4) is 0 Å². The quantitative estimate of drug-likeness (QED) is 0.878. The fourth-order valence-electron chi connectivity index (χ4n) is 3.07. The molecule has 1 aromatic heterocycles. The van der Waals surface area contributed by atoms with E-state index in [1.54, 1.807) is 12.3 Å². The van der Waals surface area contributed by atoms with Gasteiger partial charge >= 0.3 is 0 Å². The van der Waals surface area contributed by atoms with Crippen LogP contribution >= 0.6 is 0 Å². The van der Waals surface area contributed by atoms with E-state index in [1.807, 2.05) is 25.1 Å². The summed E-state index contributed by atoms with van der Waals surface area (Å²) in [6, 6.07) is 7.22. The average Bonchev–Trinajstić information content (AvgIpc) is 3.09. The van der Waals surface area contributed by atoms with E-state index in [1.165, 1.54) is 4.68 Å². The molecule has 128 valence electrons. The number of hydrogen-bond donors (Lipinski definition) is 1. The van der Waals surface area contributed by atoms with Crippen molar-refractivity contribution in [2.75, 3.05) is 6.61 Å². The Kier molecular flexibility index (Phi) is 5.25. The van der Waals surface area contributed by atoms with E-state index in [0.717, 1.165) is 31.3 Å². The third-order valence-corrected chi connectivity index (χ3v) is 4.33. The highest BCUT2D eigenvalue weighted by molar-refractivity contribution is 5.80. The molecular formula is C18H23N3O3. The lowest BCUT2D eigenvalue weighted by molar-refractivity contribution is -0.122. The Bertz CT molecular complexity index is 765. The molecular weight excluding hydrogens is 306 g/mol. The number of rotatable bonds is 6. The van der Waals surface area contributed by atoms with E-state index in [4.69, 9.17) is 4.74 Å². The predicted molar refractivity (Wildman–Crippen MR) is 91.8 cm³/mol. The Balaban J connectivity index is 1.56. The minimum atomic E-state index is -0.159. The molecule has 2 aromatic rings. The Morgan fingerprint density at radius 3 is 3.08 bits per heavy atom. The zero-order valence-electron chi connectivity index (χ0n) is 13.9. The average molecular weight is 329 g/mol. The van der Waals surface area contributed by atoms with Gasteiger partial charge in [0.1, 0.15) is 0 Å². The topological polar surface area (TPSA) is 73.2 Å². The fraction of sp³-hybridized carbons (Fsp3) is 0.500. The summed E-state index contributed by atoms with van der Waals surface area (Å²) >= 11 is 0. The van der Waals surface area contributed by atoms with Crippen LogP contribution in [0.25, 0.3) is 10.8 Å². The van der Waals surface area contributed by atoms with E-state index in [0.29, 0.717) is 18.4 Å². The summed E-state index contributed by atoms with van der Waals surface area (Å²) in [6.45, 7) is 3.04. The number of amides is 1. The maximum atomic E-state index is 12.4. The number of benzene rings is 1. The van der Waals surface area contributed by atoms with Crippen molar-refractivity contribution in [3.63, 3.8) is 0 Å². The highest BCUT2D eigenvalue weighted by atomic mass is 16.5. The lowest BCUT2D eigenvalue weighted by Crippen LogP contribution is -2.39. The molecule has 1 fully saturated rings. The minimum absolute atomic E-state index is 0.00756. The molecule has 3 rings (SSSR count). The van der Waals surface area contributed by atoms with Gasteiger partial charge in [0, 0.05) is 24.5 Å². The summed E-state index contributed by atoms with van der Waals surface area (Å²) in [5.74, 6) is -0.00756. The monoisotopic (exact) mass is 329 g/mol. The number of nitrogens with one attached hydrogen (secondary N) is 1. The minimum Gasteiger partial charge on any atom is -0.378 e. The summed E-state index contributed by atoms with van der Waals surface area (Å²) in [4.78, 5) is 24.4. The van der Waals surface area contributed by atoms with Gasteiger partial charge in [0.15, 0.2) is 0 Å². The number of fused-ring (bicyclic) bond motifs is 1. The second-order valence-corrected chi connectivity index (χ2v) is 6.36. The molecule has 0 bridgehead atoms. The third-order valence-electron chi connectivity index (χ3n) is 4.33. The van der Waals surface area contributed by atoms with Crippen LogP contribution in [0.2, 0.25) is 0 Å². The van der Waals surface area contributed by atoms with Crippen molar-refractivity contribution < 1.29 is 9.53 Å². The summed E-state index contributed by atoms with van der Waals surface area (Å²) in [7, 11) is 0. The number of nitrogens with zero attached hydrogens (tertiary/aromatic N) is 2. The first kappa shape index (κ1) is 16.6. The molecule has 0 radical (unpaired) electrons. The SMILES string of the molecule is CC(Cn1ncc2ccccc2c1=O)NC(=O)CC[C@@H]1CCCO1. The van der Waals surface area contributed by atoms with Crippen molar-refractivity contribution in [2.45, 2.75) is 51.3 Å². The van der Waals surface area contributed by atoms with E-state index in [2.05, 4.69) is 10.4 Å². The van der Waals surface area contributed by atoms with Crippen molar-refractivity contribution in [1.82, 2.24) is 15.1 Å². The van der Waals surface area contributed by atoms with Crippen molar-refractivity contribution in [2.24, 2.45) is 0 Å². The predicted octanol–water partition coefficient (Wildman–Crippen LogP) is 1.86. The molecule has 1 N–H and O–H groups in total. The first-order chi connectivity index (χ1) is 11.6. The number of carbonyl (C=O) groups is 1. The Hall–Kier alpha value is -2.21. The number of aromatic nitrogens is 2. The van der Waals surface area contributed by atoms with E-state index in [-0.39, 0.29) is 23.6 Å². The Morgan fingerprint density at radius 2 is 2.29 bits per heavy atom. The van der Waals surface area contributed by atoms with Gasteiger partial charge in [0.2, 0.25) is 5.91 Å². The molecule has 1 aliphatic rings. The molecule has 0 saturated carbocycles. The van der Waals surface area contributed by atoms with Gasteiger partial charge in [-0.3, -0.25) is 9.59 Å². The summed E-state index contributed by atoms with van der Waals surface area (Å²) in [5, 5.41) is 8.60. The summed E-state index contributed by atoms with van der Waals surface area (Å²) < 4.78 is 6.94. The first-order valence-corrected chi connectivity index (χ1v) is 8.49. The van der Waals surface area contributed by atoms with E-state index < -0.39 is 0 Å². The number of hydrogen-bond acceptors (Lipinski definition) is 4. The van der Waals surface area contributed by atoms with Gasteiger partial charge in [-0.25, -0.2) is 4.68 Å². The second kappa shape index (κ2) is 7.57. The molecule has 1 amide bonds. The zero-order chi connectivity index (χ0) is 16.9. The molecule has 1 aromatic carbocycles. The molecule has 1 aliphatic heterocycles. The maximum absolute atomic E-state index is 12.4. The third kappa shape index (κ3) is 4.00. The molecule has 0 spiro atoms. The summed E-state index contributed by atoms with van der Waals surface area (Å²) in [6.07, 6.45) is 5.24. The van der Waals surface area contributed by atoms with Crippen LogP contribution < -0.4 is 10.9 Å². The molecule has 6 heteroatoms. The van der Waals surface area contributed by atoms with Crippen LogP contribution in [-0.4, -0.2) is 34.4 Å². The van der Waals surface area contributed by atoms with Gasteiger partial charge in [0.05, 0.1) is 24.2 Å². The lowest BCUT2D eigenvalue weighted by atomic mass is 10.1. The lowest BCUT2D eigenvalue weighted by Gasteiger charge is -2.16. The maximum Gasteiger partial charge on any atom is 0.274 e. The molecule has 1 saturated heterocycles. The fourth-order valence-corrected chi connectivity index (χ4v) is 3.07. The Labute approximate surface area is 140 Å². The van der Waals surface area contributed by atoms with E-state index in [9.17, 15) is 9.59 Å². The zero-order valence-corrected chi connectivity index (χ0v) is 13.9. The summed E-state index contributed by atoms with van der Waals surface area (Å²) in [5.41, 5.74) is -0.131. The van der Waals surface area contributed by atoms with Crippen LogP contribution in [0.15, 0.2) is 35.3 Å². The molecule has 2 heterocycles. The normalized spacial score (nSPS) is 18.6. The van der Waals surface area contributed by atoms with Gasteiger partial charge in [-0.05, 0) is 32.3 Å². The first-order valence-electron chi connectivity index (χ1n) is 8.49. The van der Waals surface area contributed by atoms with Crippen LogP contribution in [-0.2, 0) is 16.1 Å². The van der Waals surface area contributed by atoms with Crippen LogP contribution in [0.1, 0.15) is 32.6 Å². The number of carbonyl (C=O) groups excluding carboxylic acids is 1. The molecule has 24 heavy (non-hydrogen) atoms. The van der Waals surface area contributed by atoms with Crippen LogP contribution in [0.5, 0.6) is 0 Å². The van der Waals surface area contributed by atoms with Crippen molar-refractivity contribution >= 4 is 16.7 Å². The van der Waals surface area contributed by atoms with E-state index >= 15 is 0 Å². The largest absolute Gasteiger partial charge is 0.378 e. The molecule has 0 aliphatic carbocycles. The number of ether oxygens (including phenoxy) is 1. The van der Waals surface area contributed by atoms with Crippen molar-refractivity contribution in [3.8, 4) is 0 Å². The molecule has 1 unspecified atom stereocenters. The van der Waals surface area contributed by atoms with Crippen LogP contribution in [0, 0.1) is 0 Å². The molecule has 6 nitrogen and oxygen atoms in total. The second-order valence-electron chi connectivity index (χ2n) is 6.36. The highest BCUT2D eigenvalue weighted by Gasteiger charge is 2.17. The molecule has 2 atom stereocenters. The smallest absolute Gasteiger partial charge is 0.274 e. The van der Waals surface area contributed by atoms with Gasteiger partial charge in [-0.2, -0.15) is 5.10 Å². The van der Waals surface area contributed by atoms with Gasteiger partial charge in [-0.15, -0.1) is 0 Å². The van der Waals surface area contributed by atoms with Crippen molar-refractivity contribution in [1.29, 1.82) is 0 Å². The van der Waals surface area contributed by atoms with Gasteiger partial charge < -0.3 is 10.1 Å².